The quantitative estimate of drug-likeness (QED) is 0.723. The van der Waals surface area contributed by atoms with Crippen LogP contribution >= 0.6 is 11.6 Å². The Kier molecular flexibility index (Phi) is 4.85. The molecule has 2 N–H and O–H groups in total. The summed E-state index contributed by atoms with van der Waals surface area (Å²) in [6, 6.07) is 9.78. The third-order valence-corrected chi connectivity index (χ3v) is 3.41. The lowest BCUT2D eigenvalue weighted by Gasteiger charge is -2.07. The number of nitrogens with one attached hydrogen (secondary N) is 2. The molecule has 2 aromatic carbocycles. The molecule has 1 amide bonds. The second kappa shape index (κ2) is 7.23. The number of carbonyl (C=O) groups excluding carboxylic acids is 1. The van der Waals surface area contributed by atoms with Crippen LogP contribution in [0.1, 0.15) is 10.4 Å². The van der Waals surface area contributed by atoms with E-state index in [0.29, 0.717) is 10.7 Å². The van der Waals surface area contributed by atoms with Gasteiger partial charge in [-0.25, -0.2) is 18.7 Å². The molecule has 8 heteroatoms. The molecule has 0 spiro atoms. The summed E-state index contributed by atoms with van der Waals surface area (Å²) in [5.41, 5.74) is 0.774. The van der Waals surface area contributed by atoms with Crippen molar-refractivity contribution in [2.45, 2.75) is 0 Å². The van der Waals surface area contributed by atoms with Gasteiger partial charge in [-0.2, -0.15) is 0 Å². The van der Waals surface area contributed by atoms with Gasteiger partial charge < -0.3 is 10.6 Å². The Morgan fingerprint density at radius 1 is 1.04 bits per heavy atom. The summed E-state index contributed by atoms with van der Waals surface area (Å²) in [4.78, 5) is 20.0. The lowest BCUT2D eigenvalue weighted by Crippen LogP contribution is -2.13. The van der Waals surface area contributed by atoms with Crippen LogP contribution in [0.5, 0.6) is 0 Å². The Bertz CT molecular complexity index is 919. The summed E-state index contributed by atoms with van der Waals surface area (Å²) in [5, 5.41) is 5.76. The Morgan fingerprint density at radius 3 is 2.48 bits per heavy atom. The van der Waals surface area contributed by atoms with Crippen LogP contribution in [0.2, 0.25) is 5.02 Å². The summed E-state index contributed by atoms with van der Waals surface area (Å²) in [6.45, 7) is 0. The topological polar surface area (TPSA) is 66.9 Å². The first-order chi connectivity index (χ1) is 12.0. The minimum Gasteiger partial charge on any atom is -0.322 e. The van der Waals surface area contributed by atoms with Crippen molar-refractivity contribution < 1.29 is 13.6 Å². The molecular weight excluding hydrogens is 350 g/mol. The molecule has 3 aromatic rings. The smallest absolute Gasteiger partial charge is 0.258 e. The number of hydrogen-bond acceptors (Lipinski definition) is 4. The largest absolute Gasteiger partial charge is 0.322 e. The van der Waals surface area contributed by atoms with Crippen molar-refractivity contribution in [1.29, 1.82) is 0 Å². The van der Waals surface area contributed by atoms with Crippen LogP contribution in [-0.4, -0.2) is 15.9 Å². The molecule has 1 aromatic heterocycles. The van der Waals surface area contributed by atoms with Gasteiger partial charge in [0.2, 0.25) is 5.95 Å². The zero-order valence-electron chi connectivity index (χ0n) is 12.6. The highest BCUT2D eigenvalue weighted by atomic mass is 35.5. The van der Waals surface area contributed by atoms with E-state index in [0.717, 1.165) is 12.1 Å². The molecule has 0 unspecified atom stereocenters. The van der Waals surface area contributed by atoms with Crippen molar-refractivity contribution in [3.05, 3.63) is 77.1 Å². The molecule has 1 heterocycles. The maximum atomic E-state index is 13.6. The average molecular weight is 361 g/mol. The number of nitrogens with zero attached hydrogens (tertiary/aromatic N) is 2. The van der Waals surface area contributed by atoms with Crippen LogP contribution in [0, 0.1) is 11.6 Å². The molecule has 0 aliphatic carbocycles. The van der Waals surface area contributed by atoms with Gasteiger partial charge in [0.15, 0.2) is 0 Å². The van der Waals surface area contributed by atoms with Gasteiger partial charge in [0, 0.05) is 29.2 Å². The van der Waals surface area contributed by atoms with Crippen molar-refractivity contribution in [1.82, 2.24) is 9.97 Å². The van der Waals surface area contributed by atoms with Crippen LogP contribution in [0.15, 0.2) is 54.9 Å². The van der Waals surface area contributed by atoms with Crippen LogP contribution < -0.4 is 10.6 Å². The molecule has 0 saturated heterocycles. The van der Waals surface area contributed by atoms with Crippen molar-refractivity contribution in [2.75, 3.05) is 10.6 Å². The summed E-state index contributed by atoms with van der Waals surface area (Å²) in [6.07, 6.45) is 2.58. The fourth-order valence-corrected chi connectivity index (χ4v) is 2.18. The lowest BCUT2D eigenvalue weighted by atomic mass is 10.2. The highest BCUT2D eigenvalue weighted by Gasteiger charge is 2.09. The minimum absolute atomic E-state index is 0.0255. The molecule has 0 bridgehead atoms. The zero-order chi connectivity index (χ0) is 17.8. The molecule has 0 aliphatic heterocycles. The summed E-state index contributed by atoms with van der Waals surface area (Å²) in [7, 11) is 0. The zero-order valence-corrected chi connectivity index (χ0v) is 13.4. The van der Waals surface area contributed by atoms with Crippen LogP contribution in [-0.2, 0) is 0 Å². The number of aromatic nitrogens is 2. The fraction of sp³-hybridized carbons (Fsp3) is 0. The predicted octanol–water partition coefficient (Wildman–Crippen LogP) is 4.40. The van der Waals surface area contributed by atoms with Gasteiger partial charge in [-0.1, -0.05) is 17.7 Å². The molecule has 0 aliphatic rings. The molecular formula is C17H11ClF2N4O. The number of carbonyl (C=O) groups is 1. The number of hydrogen-bond donors (Lipinski definition) is 2. The van der Waals surface area contributed by atoms with Gasteiger partial charge >= 0.3 is 0 Å². The molecule has 3 rings (SSSR count). The Hall–Kier alpha value is -3.06. The molecule has 126 valence electrons. The van der Waals surface area contributed by atoms with E-state index in [1.54, 1.807) is 24.3 Å². The second-order valence-corrected chi connectivity index (χ2v) is 5.45. The predicted molar refractivity (Wildman–Crippen MR) is 91.1 cm³/mol. The van der Waals surface area contributed by atoms with E-state index in [1.807, 2.05) is 0 Å². The fourth-order valence-electron chi connectivity index (χ4n) is 1.99. The first kappa shape index (κ1) is 16.8. The standard InChI is InChI=1S/C17H11ClF2N4O/c18-11-2-1-3-13(6-11)23-16(25)10-8-21-17(22-9-10)24-15-5-4-12(19)7-14(15)20/h1-9H,(H,23,25)(H,21,22,24). The van der Waals surface area contributed by atoms with E-state index in [-0.39, 0.29) is 17.2 Å². The summed E-state index contributed by atoms with van der Waals surface area (Å²) < 4.78 is 26.5. The van der Waals surface area contributed by atoms with Gasteiger partial charge in [-0.3, -0.25) is 4.79 Å². The highest BCUT2D eigenvalue weighted by Crippen LogP contribution is 2.19. The van der Waals surface area contributed by atoms with Gasteiger partial charge in [-0.15, -0.1) is 0 Å². The van der Waals surface area contributed by atoms with Crippen LogP contribution in [0.25, 0.3) is 0 Å². The Morgan fingerprint density at radius 2 is 1.80 bits per heavy atom. The summed E-state index contributed by atoms with van der Waals surface area (Å²) in [5.74, 6) is -1.80. The molecule has 0 fully saturated rings. The molecule has 0 saturated carbocycles. The molecule has 5 nitrogen and oxygen atoms in total. The van der Waals surface area contributed by atoms with Crippen LogP contribution in [0.3, 0.4) is 0 Å². The van der Waals surface area contributed by atoms with Gasteiger partial charge in [0.1, 0.15) is 11.6 Å². The number of benzene rings is 2. The Labute approximate surface area is 146 Å². The van der Waals surface area contributed by atoms with Crippen LogP contribution in [0.4, 0.5) is 26.1 Å². The summed E-state index contributed by atoms with van der Waals surface area (Å²) >= 11 is 5.86. The molecule has 0 atom stereocenters. The van der Waals surface area contributed by atoms with Crippen molar-refractivity contribution in [3.8, 4) is 0 Å². The van der Waals surface area contributed by atoms with E-state index >= 15 is 0 Å². The minimum atomic E-state index is -0.772. The Balaban J connectivity index is 1.70. The van der Waals surface area contributed by atoms with E-state index in [1.165, 1.54) is 18.5 Å². The first-order valence-corrected chi connectivity index (χ1v) is 7.50. The van der Waals surface area contributed by atoms with E-state index in [2.05, 4.69) is 20.6 Å². The monoisotopic (exact) mass is 360 g/mol. The van der Waals surface area contributed by atoms with Crippen molar-refractivity contribution in [2.24, 2.45) is 0 Å². The van der Waals surface area contributed by atoms with Gasteiger partial charge in [0.05, 0.1) is 11.3 Å². The van der Waals surface area contributed by atoms with E-state index < -0.39 is 17.5 Å². The third-order valence-electron chi connectivity index (χ3n) is 3.17. The van der Waals surface area contributed by atoms with E-state index in [9.17, 15) is 13.6 Å². The maximum Gasteiger partial charge on any atom is 0.258 e. The number of amides is 1. The lowest BCUT2D eigenvalue weighted by molar-refractivity contribution is 0.102. The molecule has 0 radical (unpaired) electrons. The normalized spacial score (nSPS) is 10.4. The average Bonchev–Trinajstić information content (AvgIpc) is 2.58. The third kappa shape index (κ3) is 4.27. The first-order valence-electron chi connectivity index (χ1n) is 7.12. The number of rotatable bonds is 4. The SMILES string of the molecule is O=C(Nc1cccc(Cl)c1)c1cnc(Nc2ccc(F)cc2F)nc1. The second-order valence-electron chi connectivity index (χ2n) is 5.01. The van der Waals surface area contributed by atoms with Crippen molar-refractivity contribution in [3.63, 3.8) is 0 Å². The van der Waals surface area contributed by atoms with Crippen molar-refractivity contribution >= 4 is 34.8 Å². The number of anilines is 3. The van der Waals surface area contributed by atoms with Gasteiger partial charge in [0.25, 0.3) is 5.91 Å². The van der Waals surface area contributed by atoms with Gasteiger partial charge in [-0.05, 0) is 30.3 Å². The molecule has 25 heavy (non-hydrogen) atoms. The van der Waals surface area contributed by atoms with E-state index in [4.69, 9.17) is 11.6 Å². The maximum absolute atomic E-state index is 13.6. The highest BCUT2D eigenvalue weighted by molar-refractivity contribution is 6.30. The number of halogens is 3.